The molecule has 0 spiro atoms. The number of nitrogens with zero attached hydrogens (tertiary/aromatic N) is 1. The number of hydrogen-bond acceptors (Lipinski definition) is 2. The van der Waals surface area contributed by atoms with Crippen LogP contribution < -0.4 is 4.74 Å². The average molecular weight is 199 g/mol. The summed E-state index contributed by atoms with van der Waals surface area (Å²) in [6.45, 7) is 4.15. The number of aromatic nitrogens is 1. The highest BCUT2D eigenvalue weighted by Crippen LogP contribution is 2.21. The van der Waals surface area contributed by atoms with Crippen LogP contribution in [-0.2, 0) is 0 Å². The zero-order valence-corrected chi connectivity index (χ0v) is 8.90. The highest BCUT2D eigenvalue weighted by atomic mass is 16.5. The first-order valence-corrected chi connectivity index (χ1v) is 4.92. The predicted octanol–water partition coefficient (Wildman–Crippen LogP) is 3.49. The number of hydrogen-bond donors (Lipinski definition) is 0. The van der Waals surface area contributed by atoms with Crippen LogP contribution in [0, 0.1) is 13.8 Å². The molecule has 0 saturated carbocycles. The topological polar surface area (TPSA) is 22.1 Å². The Hall–Kier alpha value is -1.83. The van der Waals surface area contributed by atoms with Crippen molar-refractivity contribution in [3.63, 3.8) is 0 Å². The Morgan fingerprint density at radius 2 is 1.87 bits per heavy atom. The number of ether oxygens (including phenoxy) is 1. The predicted molar refractivity (Wildman–Crippen MR) is 60.2 cm³/mol. The lowest BCUT2D eigenvalue weighted by atomic mass is 10.1. The molecule has 0 atom stereocenters. The van der Waals surface area contributed by atoms with Gasteiger partial charge in [0.1, 0.15) is 5.75 Å². The van der Waals surface area contributed by atoms with Gasteiger partial charge in [-0.2, -0.15) is 0 Å². The molecule has 0 bridgehead atoms. The van der Waals surface area contributed by atoms with Crippen molar-refractivity contribution in [1.82, 2.24) is 4.98 Å². The fraction of sp³-hybridized carbons (Fsp3) is 0.154. The lowest BCUT2D eigenvalue weighted by Crippen LogP contribution is -1.88. The smallest absolute Gasteiger partial charge is 0.219 e. The van der Waals surface area contributed by atoms with E-state index in [1.807, 2.05) is 36.4 Å². The summed E-state index contributed by atoms with van der Waals surface area (Å²) in [7, 11) is 0. The van der Waals surface area contributed by atoms with Crippen molar-refractivity contribution < 1.29 is 4.74 Å². The summed E-state index contributed by atoms with van der Waals surface area (Å²) in [6.07, 6.45) is 1.72. The summed E-state index contributed by atoms with van der Waals surface area (Å²) in [5.41, 5.74) is 2.49. The number of aryl methyl sites for hydroxylation is 2. The third-order valence-electron chi connectivity index (χ3n) is 2.34. The summed E-state index contributed by atoms with van der Waals surface area (Å²) < 4.78 is 5.60. The first kappa shape index (κ1) is 9.71. The van der Waals surface area contributed by atoms with Crippen LogP contribution in [0.1, 0.15) is 11.1 Å². The first-order chi connectivity index (χ1) is 7.25. The molecule has 1 heterocycles. The van der Waals surface area contributed by atoms with Crippen molar-refractivity contribution in [2.24, 2.45) is 0 Å². The monoisotopic (exact) mass is 199 g/mol. The SMILES string of the molecule is Cc1ccc(Oc2ccccn2)cc1C. The summed E-state index contributed by atoms with van der Waals surface area (Å²) in [5, 5.41) is 0. The Morgan fingerprint density at radius 3 is 2.53 bits per heavy atom. The van der Waals surface area contributed by atoms with Gasteiger partial charge in [-0.15, -0.1) is 0 Å². The fourth-order valence-electron chi connectivity index (χ4n) is 1.31. The van der Waals surface area contributed by atoms with Gasteiger partial charge >= 0.3 is 0 Å². The molecule has 2 aromatic rings. The molecule has 0 aliphatic heterocycles. The Bertz CT molecular complexity index is 451. The van der Waals surface area contributed by atoms with Crippen molar-refractivity contribution in [3.8, 4) is 11.6 Å². The van der Waals surface area contributed by atoms with E-state index in [0.717, 1.165) is 5.75 Å². The van der Waals surface area contributed by atoms with Gasteiger partial charge in [-0.05, 0) is 43.2 Å². The standard InChI is InChI=1S/C13H13NO/c1-10-6-7-12(9-11(10)2)15-13-5-3-4-8-14-13/h3-9H,1-2H3. The van der Waals surface area contributed by atoms with Crippen molar-refractivity contribution >= 4 is 0 Å². The van der Waals surface area contributed by atoms with E-state index in [1.54, 1.807) is 6.20 Å². The van der Waals surface area contributed by atoms with Gasteiger partial charge in [0.2, 0.25) is 5.88 Å². The second-order valence-electron chi connectivity index (χ2n) is 3.52. The molecule has 0 N–H and O–H groups in total. The van der Waals surface area contributed by atoms with Crippen molar-refractivity contribution in [2.45, 2.75) is 13.8 Å². The number of rotatable bonds is 2. The molecule has 0 radical (unpaired) electrons. The highest BCUT2D eigenvalue weighted by molar-refractivity contribution is 5.35. The van der Waals surface area contributed by atoms with Gasteiger partial charge in [0.05, 0.1) is 0 Å². The van der Waals surface area contributed by atoms with Crippen LogP contribution >= 0.6 is 0 Å². The molecule has 0 aliphatic carbocycles. The lowest BCUT2D eigenvalue weighted by Gasteiger charge is -2.06. The van der Waals surface area contributed by atoms with E-state index >= 15 is 0 Å². The van der Waals surface area contributed by atoms with Crippen LogP contribution in [0.3, 0.4) is 0 Å². The van der Waals surface area contributed by atoms with E-state index in [0.29, 0.717) is 5.88 Å². The Kier molecular flexibility index (Phi) is 2.68. The van der Waals surface area contributed by atoms with E-state index in [9.17, 15) is 0 Å². The normalized spacial score (nSPS) is 10.0. The van der Waals surface area contributed by atoms with Gasteiger partial charge < -0.3 is 4.74 Å². The largest absolute Gasteiger partial charge is 0.439 e. The van der Waals surface area contributed by atoms with E-state index < -0.39 is 0 Å². The molecule has 0 fully saturated rings. The second-order valence-corrected chi connectivity index (χ2v) is 3.52. The van der Waals surface area contributed by atoms with Crippen LogP contribution in [-0.4, -0.2) is 4.98 Å². The summed E-state index contributed by atoms with van der Waals surface area (Å²) in [5.74, 6) is 1.46. The molecule has 0 amide bonds. The molecular weight excluding hydrogens is 186 g/mol. The van der Waals surface area contributed by atoms with Crippen LogP contribution in [0.4, 0.5) is 0 Å². The van der Waals surface area contributed by atoms with Crippen LogP contribution in [0.2, 0.25) is 0 Å². The van der Waals surface area contributed by atoms with Crippen LogP contribution in [0.15, 0.2) is 42.6 Å². The molecular formula is C13H13NO. The van der Waals surface area contributed by atoms with Gasteiger partial charge in [-0.25, -0.2) is 4.98 Å². The quantitative estimate of drug-likeness (QED) is 0.738. The van der Waals surface area contributed by atoms with Gasteiger partial charge in [0.15, 0.2) is 0 Å². The van der Waals surface area contributed by atoms with Gasteiger partial charge in [-0.1, -0.05) is 12.1 Å². The maximum Gasteiger partial charge on any atom is 0.219 e. The summed E-state index contributed by atoms with van der Waals surface area (Å²) >= 11 is 0. The minimum Gasteiger partial charge on any atom is -0.439 e. The Morgan fingerprint density at radius 1 is 1.00 bits per heavy atom. The molecule has 2 heteroatoms. The van der Waals surface area contributed by atoms with E-state index in [2.05, 4.69) is 18.8 Å². The van der Waals surface area contributed by atoms with E-state index in [1.165, 1.54) is 11.1 Å². The lowest BCUT2D eigenvalue weighted by molar-refractivity contribution is 0.462. The van der Waals surface area contributed by atoms with E-state index in [4.69, 9.17) is 4.74 Å². The summed E-state index contributed by atoms with van der Waals surface area (Å²) in [6, 6.07) is 11.6. The maximum absolute atomic E-state index is 5.60. The van der Waals surface area contributed by atoms with Crippen molar-refractivity contribution in [2.75, 3.05) is 0 Å². The van der Waals surface area contributed by atoms with Gasteiger partial charge in [0, 0.05) is 12.3 Å². The van der Waals surface area contributed by atoms with Gasteiger partial charge in [0.25, 0.3) is 0 Å². The molecule has 1 aromatic carbocycles. The van der Waals surface area contributed by atoms with Gasteiger partial charge in [-0.3, -0.25) is 0 Å². The fourth-order valence-corrected chi connectivity index (χ4v) is 1.31. The summed E-state index contributed by atoms with van der Waals surface area (Å²) in [4.78, 5) is 4.10. The minimum absolute atomic E-state index is 0.626. The highest BCUT2D eigenvalue weighted by Gasteiger charge is 1.99. The van der Waals surface area contributed by atoms with E-state index in [-0.39, 0.29) is 0 Å². The number of benzene rings is 1. The molecule has 0 unspecified atom stereocenters. The van der Waals surface area contributed by atoms with Crippen LogP contribution in [0.25, 0.3) is 0 Å². The molecule has 1 aromatic heterocycles. The molecule has 76 valence electrons. The third-order valence-corrected chi connectivity index (χ3v) is 2.34. The molecule has 0 saturated heterocycles. The second kappa shape index (κ2) is 4.13. The molecule has 0 aliphatic rings. The molecule has 15 heavy (non-hydrogen) atoms. The zero-order valence-electron chi connectivity index (χ0n) is 8.90. The van der Waals surface area contributed by atoms with Crippen molar-refractivity contribution in [1.29, 1.82) is 0 Å². The minimum atomic E-state index is 0.626. The first-order valence-electron chi connectivity index (χ1n) is 4.92. The Balaban J connectivity index is 2.22. The molecule has 2 rings (SSSR count). The van der Waals surface area contributed by atoms with Crippen LogP contribution in [0.5, 0.6) is 11.6 Å². The van der Waals surface area contributed by atoms with Crippen molar-refractivity contribution in [3.05, 3.63) is 53.7 Å². The average Bonchev–Trinajstić information content (AvgIpc) is 2.25. The zero-order chi connectivity index (χ0) is 10.7. The number of pyridine rings is 1. The molecule has 2 nitrogen and oxygen atoms in total. The third kappa shape index (κ3) is 2.34. The Labute approximate surface area is 89.6 Å². The maximum atomic E-state index is 5.60.